The van der Waals surface area contributed by atoms with E-state index in [4.69, 9.17) is 10.9 Å². The minimum Gasteiger partial charge on any atom is -0.409 e. The van der Waals surface area contributed by atoms with E-state index in [0.29, 0.717) is 12.1 Å². The highest BCUT2D eigenvalue weighted by molar-refractivity contribution is 5.95. The van der Waals surface area contributed by atoms with Crippen LogP contribution in [-0.4, -0.2) is 40.8 Å². The highest BCUT2D eigenvalue weighted by Crippen LogP contribution is 2.13. The maximum Gasteiger partial charge on any atom is 0.188 e. The quantitative estimate of drug-likeness (QED) is 0.298. The van der Waals surface area contributed by atoms with Gasteiger partial charge in [0.15, 0.2) is 5.84 Å². The Labute approximate surface area is 100 Å². The summed E-state index contributed by atoms with van der Waals surface area (Å²) in [5, 5.41) is 20.7. The first-order valence-electron chi connectivity index (χ1n) is 5.37. The molecule has 0 aliphatic carbocycles. The lowest BCUT2D eigenvalue weighted by Crippen LogP contribution is -2.23. The molecule has 1 rings (SSSR count). The number of aliphatic hydroxyl groups excluding tert-OH is 1. The Morgan fingerprint density at radius 3 is 2.94 bits per heavy atom. The third-order valence-electron chi connectivity index (χ3n) is 2.44. The summed E-state index contributed by atoms with van der Waals surface area (Å²) in [6.07, 6.45) is 1.95. The van der Waals surface area contributed by atoms with Gasteiger partial charge in [-0.25, -0.2) is 0 Å². The third-order valence-corrected chi connectivity index (χ3v) is 2.44. The smallest absolute Gasteiger partial charge is 0.188 e. The maximum atomic E-state index is 9.22. The molecule has 0 saturated carbocycles. The van der Waals surface area contributed by atoms with Gasteiger partial charge in [0.1, 0.15) is 5.69 Å². The van der Waals surface area contributed by atoms with E-state index in [0.717, 1.165) is 12.2 Å². The largest absolute Gasteiger partial charge is 0.409 e. The van der Waals surface area contributed by atoms with Crippen molar-refractivity contribution in [2.24, 2.45) is 10.9 Å². The number of hydrogen-bond acceptors (Lipinski definition) is 5. The minimum absolute atomic E-state index is 0.0178. The maximum absolute atomic E-state index is 9.22. The standard InChI is InChI=1S/C11H18N4O2/c1-8(16)4-6-15(2)9-3-5-13-10(7-9)11(12)14-17/h3,5,7-8,16-17H,4,6H2,1-2H3,(H2,12,14). The highest BCUT2D eigenvalue weighted by Gasteiger charge is 2.06. The first-order valence-corrected chi connectivity index (χ1v) is 5.37. The van der Waals surface area contributed by atoms with Gasteiger partial charge in [-0.05, 0) is 25.5 Å². The van der Waals surface area contributed by atoms with Crippen LogP contribution < -0.4 is 10.6 Å². The zero-order valence-electron chi connectivity index (χ0n) is 10.0. The van der Waals surface area contributed by atoms with Gasteiger partial charge in [-0.15, -0.1) is 0 Å². The molecule has 0 saturated heterocycles. The molecule has 6 nitrogen and oxygen atoms in total. The molecule has 94 valence electrons. The highest BCUT2D eigenvalue weighted by atomic mass is 16.4. The SMILES string of the molecule is CC(O)CCN(C)c1ccnc(/C(N)=N/O)c1. The van der Waals surface area contributed by atoms with Crippen LogP contribution in [0.25, 0.3) is 0 Å². The average molecular weight is 238 g/mol. The predicted octanol–water partition coefficient (Wildman–Crippen LogP) is 0.383. The number of oxime groups is 1. The second kappa shape index (κ2) is 6.05. The van der Waals surface area contributed by atoms with Gasteiger partial charge in [0.25, 0.3) is 0 Å². The molecule has 0 aliphatic rings. The van der Waals surface area contributed by atoms with Crippen molar-refractivity contribution in [1.29, 1.82) is 0 Å². The van der Waals surface area contributed by atoms with Gasteiger partial charge in [-0.3, -0.25) is 4.98 Å². The molecule has 0 radical (unpaired) electrons. The minimum atomic E-state index is -0.331. The van der Waals surface area contributed by atoms with Crippen molar-refractivity contribution < 1.29 is 10.3 Å². The summed E-state index contributed by atoms with van der Waals surface area (Å²) in [4.78, 5) is 5.97. The molecule has 1 aromatic heterocycles. The molecule has 1 unspecified atom stereocenters. The van der Waals surface area contributed by atoms with E-state index in [2.05, 4.69) is 10.1 Å². The third kappa shape index (κ3) is 3.92. The lowest BCUT2D eigenvalue weighted by molar-refractivity contribution is 0.187. The van der Waals surface area contributed by atoms with E-state index in [9.17, 15) is 5.11 Å². The summed E-state index contributed by atoms with van der Waals surface area (Å²) in [5.41, 5.74) is 6.79. The van der Waals surface area contributed by atoms with Crippen LogP contribution in [0.1, 0.15) is 19.0 Å². The van der Waals surface area contributed by atoms with Crippen LogP contribution >= 0.6 is 0 Å². The molecular weight excluding hydrogens is 220 g/mol. The van der Waals surface area contributed by atoms with Crippen molar-refractivity contribution >= 4 is 11.5 Å². The second-order valence-electron chi connectivity index (χ2n) is 3.94. The number of pyridine rings is 1. The van der Waals surface area contributed by atoms with Crippen LogP contribution in [0, 0.1) is 0 Å². The normalized spacial score (nSPS) is 13.5. The number of hydrogen-bond donors (Lipinski definition) is 3. The summed E-state index contributed by atoms with van der Waals surface area (Å²) < 4.78 is 0. The lowest BCUT2D eigenvalue weighted by atomic mass is 10.2. The number of aromatic nitrogens is 1. The van der Waals surface area contributed by atoms with Crippen LogP contribution in [-0.2, 0) is 0 Å². The summed E-state index contributed by atoms with van der Waals surface area (Å²) in [6, 6.07) is 3.56. The molecule has 1 atom stereocenters. The van der Waals surface area contributed by atoms with Gasteiger partial charge >= 0.3 is 0 Å². The van der Waals surface area contributed by atoms with E-state index < -0.39 is 0 Å². The second-order valence-corrected chi connectivity index (χ2v) is 3.94. The zero-order valence-corrected chi connectivity index (χ0v) is 10.0. The molecule has 0 fully saturated rings. The number of amidine groups is 1. The molecule has 0 aromatic carbocycles. The molecule has 1 heterocycles. The molecule has 0 bridgehead atoms. The van der Waals surface area contributed by atoms with Gasteiger partial charge in [-0.1, -0.05) is 5.16 Å². The summed E-state index contributed by atoms with van der Waals surface area (Å²) in [6.45, 7) is 2.47. The van der Waals surface area contributed by atoms with Gasteiger partial charge in [-0.2, -0.15) is 0 Å². The number of aliphatic hydroxyl groups is 1. The van der Waals surface area contributed by atoms with Crippen LogP contribution in [0.4, 0.5) is 5.69 Å². The number of nitrogens with zero attached hydrogens (tertiary/aromatic N) is 3. The van der Waals surface area contributed by atoms with E-state index in [-0.39, 0.29) is 11.9 Å². The van der Waals surface area contributed by atoms with Gasteiger partial charge in [0.05, 0.1) is 6.10 Å². The van der Waals surface area contributed by atoms with Crippen LogP contribution in [0.2, 0.25) is 0 Å². The van der Waals surface area contributed by atoms with Crippen molar-refractivity contribution in [3.8, 4) is 0 Å². The number of rotatable bonds is 5. The molecular formula is C11H18N4O2. The van der Waals surface area contributed by atoms with Crippen LogP contribution in [0.15, 0.2) is 23.5 Å². The van der Waals surface area contributed by atoms with E-state index in [1.165, 1.54) is 0 Å². The Bertz CT molecular complexity index is 393. The lowest BCUT2D eigenvalue weighted by Gasteiger charge is -2.20. The van der Waals surface area contributed by atoms with E-state index in [1.807, 2.05) is 18.0 Å². The molecule has 6 heteroatoms. The Morgan fingerprint density at radius 1 is 1.65 bits per heavy atom. The summed E-state index contributed by atoms with van der Waals surface area (Å²) in [7, 11) is 1.91. The first kappa shape index (κ1) is 13.2. The topological polar surface area (TPSA) is 95.0 Å². The van der Waals surface area contributed by atoms with Crippen molar-refractivity contribution in [2.75, 3.05) is 18.5 Å². The van der Waals surface area contributed by atoms with E-state index >= 15 is 0 Å². The fourth-order valence-corrected chi connectivity index (χ4v) is 1.36. The predicted molar refractivity (Wildman–Crippen MR) is 66.3 cm³/mol. The molecule has 0 spiro atoms. The molecule has 4 N–H and O–H groups in total. The van der Waals surface area contributed by atoms with Crippen molar-refractivity contribution in [2.45, 2.75) is 19.4 Å². The Kier molecular flexibility index (Phi) is 4.71. The van der Waals surface area contributed by atoms with Crippen LogP contribution in [0.3, 0.4) is 0 Å². The van der Waals surface area contributed by atoms with Crippen LogP contribution in [0.5, 0.6) is 0 Å². The summed E-state index contributed by atoms with van der Waals surface area (Å²) in [5.74, 6) is -0.0178. The van der Waals surface area contributed by atoms with Crippen molar-refractivity contribution in [3.63, 3.8) is 0 Å². The average Bonchev–Trinajstić information content (AvgIpc) is 2.35. The summed E-state index contributed by atoms with van der Waals surface area (Å²) >= 11 is 0. The number of anilines is 1. The first-order chi connectivity index (χ1) is 8.04. The molecule has 0 amide bonds. The Hall–Kier alpha value is -1.82. The molecule has 17 heavy (non-hydrogen) atoms. The Balaban J connectivity index is 2.77. The van der Waals surface area contributed by atoms with Gasteiger partial charge in [0, 0.05) is 25.5 Å². The fourth-order valence-electron chi connectivity index (χ4n) is 1.36. The van der Waals surface area contributed by atoms with Crippen molar-refractivity contribution in [3.05, 3.63) is 24.0 Å². The van der Waals surface area contributed by atoms with Gasteiger partial charge < -0.3 is 20.9 Å². The monoisotopic (exact) mass is 238 g/mol. The molecule has 1 aromatic rings. The number of nitrogens with two attached hydrogens (primary N) is 1. The fraction of sp³-hybridized carbons (Fsp3) is 0.455. The van der Waals surface area contributed by atoms with Crippen molar-refractivity contribution in [1.82, 2.24) is 4.98 Å². The zero-order chi connectivity index (χ0) is 12.8. The molecule has 0 aliphatic heterocycles. The Morgan fingerprint density at radius 2 is 2.35 bits per heavy atom. The van der Waals surface area contributed by atoms with E-state index in [1.54, 1.807) is 19.2 Å². The van der Waals surface area contributed by atoms with Gasteiger partial charge in [0.2, 0.25) is 0 Å².